The van der Waals surface area contributed by atoms with Gasteiger partial charge in [0.15, 0.2) is 21.0 Å². The van der Waals surface area contributed by atoms with Crippen LogP contribution in [0.5, 0.6) is 0 Å². The first-order valence-corrected chi connectivity index (χ1v) is 41.5. The van der Waals surface area contributed by atoms with E-state index >= 15 is 0 Å². The molecule has 0 aromatic carbocycles. The van der Waals surface area contributed by atoms with E-state index in [4.69, 9.17) is 102 Å². The van der Waals surface area contributed by atoms with Crippen molar-refractivity contribution >= 4 is 244 Å². The van der Waals surface area contributed by atoms with Crippen LogP contribution in [0.2, 0.25) is 0 Å². The van der Waals surface area contributed by atoms with Gasteiger partial charge in [0, 0.05) is 35.5 Å². The van der Waals surface area contributed by atoms with Crippen molar-refractivity contribution in [1.29, 1.82) is 0 Å². The summed E-state index contributed by atoms with van der Waals surface area (Å²) in [7, 11) is 5.33. The monoisotopic (exact) mass is 1320 g/mol. The average Bonchev–Trinajstić information content (AvgIpc) is 3.25. The minimum absolute atomic E-state index is 0. The second-order valence-electron chi connectivity index (χ2n) is 8.99. The topological polar surface area (TPSA) is 249 Å². The molecule has 1 atom stereocenters. The summed E-state index contributed by atoms with van der Waals surface area (Å²) in [6, 6.07) is 0. The summed E-state index contributed by atoms with van der Waals surface area (Å²) in [4.78, 5) is 0. The Kier molecular flexibility index (Phi) is 106. The molecule has 3 fully saturated rings. The fourth-order valence-electron chi connectivity index (χ4n) is 2.35. The zero-order valence-corrected chi connectivity index (χ0v) is 78.8. The van der Waals surface area contributed by atoms with Gasteiger partial charge in [-0.15, -0.1) is 0 Å². The third kappa shape index (κ3) is 75.6. The van der Waals surface area contributed by atoms with Gasteiger partial charge in [-0.3, -0.25) is 0 Å². The molecule has 27 nitrogen and oxygen atoms in total. The fourth-order valence-corrected chi connectivity index (χ4v) is 33.4. The van der Waals surface area contributed by atoms with Crippen LogP contribution in [0.25, 0.3) is 0 Å². The molecule has 0 saturated carbocycles. The van der Waals surface area contributed by atoms with Crippen LogP contribution < -0.4 is 0 Å². The molecule has 388 valence electrons. The molecule has 0 N–H and O–H groups in total. The molecule has 0 amide bonds. The van der Waals surface area contributed by atoms with Crippen molar-refractivity contribution < 1.29 is 115 Å². The van der Waals surface area contributed by atoms with Crippen LogP contribution in [0.15, 0.2) is 0 Å². The van der Waals surface area contributed by atoms with Gasteiger partial charge in [0.2, 0.25) is 0 Å². The molecule has 3 saturated heterocycles. The predicted octanol–water partition coefficient (Wildman–Crippen LogP) is -23.8. The van der Waals surface area contributed by atoms with E-state index in [1.54, 1.807) is 35.5 Å². The molecule has 1 unspecified atom stereocenters. The van der Waals surface area contributed by atoms with Gasteiger partial charge < -0.3 is 115 Å². The molecule has 0 radical (unpaired) electrons. The van der Waals surface area contributed by atoms with Crippen LogP contribution >= 0.6 is 0 Å². The summed E-state index contributed by atoms with van der Waals surface area (Å²) in [5.41, 5.74) is 0. The van der Waals surface area contributed by atoms with Gasteiger partial charge in [-0.2, -0.15) is 0 Å². The number of hydrogen-bond donors (Lipinski definition) is 0. The van der Waals surface area contributed by atoms with Crippen LogP contribution in [-0.4, -0.2) is 306 Å². The quantitative estimate of drug-likeness (QED) is 0.0662. The second kappa shape index (κ2) is 79.3. The minimum atomic E-state index is -2.44. The summed E-state index contributed by atoms with van der Waals surface area (Å²) < 4.78 is 132. The number of methoxy groups -OCH3 is 1. The van der Waals surface area contributed by atoms with Gasteiger partial charge in [0.05, 0.1) is 0 Å². The Morgan fingerprint density at radius 3 is 1.05 bits per heavy atom. The Morgan fingerprint density at radius 1 is 0.516 bits per heavy atom. The van der Waals surface area contributed by atoms with Crippen molar-refractivity contribution in [2.75, 3.05) is 55.9 Å². The molecule has 0 aromatic heterocycles. The second-order valence-corrected chi connectivity index (χ2v) is 44.3. The molecule has 0 bridgehead atoms. The molecule has 0 aliphatic carbocycles. The summed E-state index contributed by atoms with van der Waals surface area (Å²) >= 11 is 0. The lowest BCUT2D eigenvalue weighted by Crippen LogP contribution is -2.46. The maximum Gasteiger partial charge on any atom is 0.634 e. The van der Waals surface area contributed by atoms with E-state index in [0.29, 0.717) is 115 Å². The lowest BCUT2D eigenvalue weighted by molar-refractivity contribution is -0.178. The Hall–Kier alpha value is 4.13. The molecule has 0 spiro atoms. The highest BCUT2D eigenvalue weighted by Gasteiger charge is 2.37. The largest absolute Gasteiger partial charge is 0.634 e. The molecule has 3 heterocycles. The average molecular weight is 1320 g/mol. The van der Waals surface area contributed by atoms with E-state index in [1.165, 1.54) is 0 Å². The van der Waals surface area contributed by atoms with Gasteiger partial charge in [-0.05, 0) is 0 Å². The van der Waals surface area contributed by atoms with E-state index in [2.05, 4.69) is 13.6 Å². The Labute approximate surface area is 433 Å². The molecule has 3 rings (SSSR count). The van der Waals surface area contributed by atoms with E-state index in [0.717, 1.165) is 31.5 Å². The molecule has 3 aliphatic rings. The Bertz CT molecular complexity index is 610. The summed E-state index contributed by atoms with van der Waals surface area (Å²) in [6.45, 7) is 0.776. The lowest BCUT2D eigenvalue weighted by Gasteiger charge is -2.22. The molecule has 51 heteroatoms. The highest BCUT2D eigenvalue weighted by molar-refractivity contribution is 6.66. The standard InChI is InChI=1S/C2H8O4Si2.C2H10O3Si2.CH14O5Si5.CH10O3Si3.CH6O3Si2.CH8O2Si2.CH6OSi.2CH4.H12O4Si5.H4O2Si2/c1-3-2-5-8-6-7-4-1;1-3-2(4-6)5-7;1-2-10(3-7)6-11(4-8)5-9;1-2-6-4-7-3-5;1-2-5-4-6-3-1;1-2-5-3-4;1-2-3;;;5-1-9(2-6,3-7)4-8;1-3-2-4-1/h1-2,7-8H2;2H,1,6-7H3;10-11H,1,7-9H3;6-7H2,1,5H3;1,5-6H2;5H2,1,4H3;1,3H3;2*1H4;5-8H3;3-4H2. The highest BCUT2D eigenvalue weighted by atomic mass is 28.5. The van der Waals surface area contributed by atoms with E-state index in [1.807, 2.05) is 0 Å². The van der Waals surface area contributed by atoms with Gasteiger partial charge in [-0.25, -0.2) is 0 Å². The normalized spacial score (nSPS) is 19.5. The predicted molar refractivity (Wildman–Crippen MR) is 307 cm³/mol. The van der Waals surface area contributed by atoms with Crippen LogP contribution in [-0.2, 0) is 115 Å². The maximum atomic E-state index is 5.34. The van der Waals surface area contributed by atoms with E-state index in [-0.39, 0.29) is 34.9 Å². The third-order valence-electron chi connectivity index (χ3n) is 4.71. The van der Waals surface area contributed by atoms with Crippen molar-refractivity contribution in [1.82, 2.24) is 0 Å². The van der Waals surface area contributed by atoms with Gasteiger partial charge in [0.25, 0.3) is 96.5 Å². The van der Waals surface area contributed by atoms with E-state index in [9.17, 15) is 0 Å². The van der Waals surface area contributed by atoms with Crippen molar-refractivity contribution in [3.8, 4) is 0 Å². The molecule has 62 heavy (non-hydrogen) atoms. The Balaban J connectivity index is -0.0000000894. The first kappa shape index (κ1) is 83.0. The molecule has 0 aromatic rings. The highest BCUT2D eigenvalue weighted by Crippen LogP contribution is 2.02. The van der Waals surface area contributed by atoms with Crippen molar-refractivity contribution in [3.05, 3.63) is 0 Å². The van der Waals surface area contributed by atoms with E-state index < -0.39 is 105 Å². The summed E-state index contributed by atoms with van der Waals surface area (Å²) in [5.74, 6) is 0. The molecule has 3 aliphatic heterocycles. The minimum Gasteiger partial charge on any atom is -0.449 e. The molecular formula is C11H86O27Si24. The first-order valence-electron chi connectivity index (χ1n) is 16.8. The van der Waals surface area contributed by atoms with Gasteiger partial charge in [0.1, 0.15) is 125 Å². The van der Waals surface area contributed by atoms with Crippen molar-refractivity contribution in [2.45, 2.75) is 21.3 Å². The van der Waals surface area contributed by atoms with Crippen LogP contribution in [0.1, 0.15) is 14.9 Å². The van der Waals surface area contributed by atoms with Crippen LogP contribution in [0.4, 0.5) is 0 Å². The van der Waals surface area contributed by atoms with Gasteiger partial charge >= 0.3 is 28.1 Å². The zero-order chi connectivity index (χ0) is 46.8. The smallest absolute Gasteiger partial charge is 0.449 e. The zero-order valence-electron chi connectivity index (χ0n) is 38.7. The number of ether oxygens (including phenoxy) is 2. The first-order chi connectivity index (χ1) is 29.1. The molecular weight excluding hydrogens is 1240 g/mol. The maximum absolute atomic E-state index is 5.34. The number of rotatable bonds is 19. The Morgan fingerprint density at radius 2 is 0.871 bits per heavy atom. The SMILES string of the molecule is C.C.C1OCO[SiH2]O[SiH2]O1.C1O[SiH2]O[SiH2]O1.COC(O[SiH3])O[SiH3].CO[SiH2]O[SiH2]O[SiH3].CO[SiH2]O[SiH3].CO[SiH3].CO[SiH](O[SiH3])O[SiH](O[SiH3])O[SiH3].O1[SiH2]O[SiH2]1.[SiH3]O[Si](O[SiH3])(O[SiH3])O[SiH3]. The van der Waals surface area contributed by atoms with Gasteiger partial charge in [-0.1, -0.05) is 14.9 Å². The van der Waals surface area contributed by atoms with Crippen molar-refractivity contribution in [3.63, 3.8) is 0 Å². The summed E-state index contributed by atoms with van der Waals surface area (Å²) in [5, 5.41) is 0. The van der Waals surface area contributed by atoms with Crippen LogP contribution in [0, 0.1) is 0 Å². The third-order valence-corrected chi connectivity index (χ3v) is 30.6. The fraction of sp³-hybridized carbons (Fsp3) is 1.00. The number of hydrogen-bond acceptors (Lipinski definition) is 27. The summed E-state index contributed by atoms with van der Waals surface area (Å²) in [6.07, 6.45) is 0. The van der Waals surface area contributed by atoms with Crippen LogP contribution in [0.3, 0.4) is 0 Å². The lowest BCUT2D eigenvalue weighted by atomic mass is 11.3. The van der Waals surface area contributed by atoms with Crippen molar-refractivity contribution in [2.24, 2.45) is 0 Å².